The number of benzene rings is 2. The zero-order valence-corrected chi connectivity index (χ0v) is 14.2. The van der Waals surface area contributed by atoms with Crippen LogP contribution in [0.4, 0.5) is 15.8 Å². The van der Waals surface area contributed by atoms with Crippen molar-refractivity contribution >= 4 is 23.2 Å². The molecule has 0 saturated heterocycles. The molecule has 0 fully saturated rings. The second kappa shape index (κ2) is 8.82. The second-order valence-electron chi connectivity index (χ2n) is 5.82. The first kappa shape index (κ1) is 18.4. The summed E-state index contributed by atoms with van der Waals surface area (Å²) in [5, 5.41) is 5.53. The Morgan fingerprint density at radius 2 is 1.52 bits per heavy atom. The molecule has 2 amide bonds. The van der Waals surface area contributed by atoms with Crippen LogP contribution in [0.15, 0.2) is 48.5 Å². The van der Waals surface area contributed by atoms with Gasteiger partial charge in [0.15, 0.2) is 0 Å². The molecule has 0 radical (unpaired) electrons. The molecular weight excluding hydrogens is 323 g/mol. The average molecular weight is 344 g/mol. The molecule has 2 rings (SSSR count). The van der Waals surface area contributed by atoms with E-state index in [1.54, 1.807) is 24.3 Å². The highest BCUT2D eigenvalue weighted by Crippen LogP contribution is 2.15. The van der Waals surface area contributed by atoms with Crippen molar-refractivity contribution in [1.82, 2.24) is 0 Å². The van der Waals surface area contributed by atoms with Crippen molar-refractivity contribution in [3.63, 3.8) is 0 Å². The van der Waals surface area contributed by atoms with Gasteiger partial charge in [-0.05, 0) is 48.5 Å². The maximum Gasteiger partial charge on any atom is 0.227 e. The number of ether oxygens (including phenoxy) is 1. The maximum absolute atomic E-state index is 12.8. The lowest BCUT2D eigenvalue weighted by Gasteiger charge is -2.10. The number of hydrogen-bond acceptors (Lipinski definition) is 3. The summed E-state index contributed by atoms with van der Waals surface area (Å²) in [5.41, 5.74) is 1.31. The average Bonchev–Trinajstić information content (AvgIpc) is 2.58. The Kier molecular flexibility index (Phi) is 6.51. The molecule has 132 valence electrons. The smallest absolute Gasteiger partial charge is 0.227 e. The Balaban J connectivity index is 1.76. The lowest BCUT2D eigenvalue weighted by molar-refractivity contribution is -0.119. The minimum absolute atomic E-state index is 0.0604. The molecule has 0 heterocycles. The summed E-state index contributed by atoms with van der Waals surface area (Å²) in [5.74, 6) is -0.172. The largest absolute Gasteiger partial charge is 0.493 e. The molecule has 0 aliphatic rings. The predicted octanol–water partition coefficient (Wildman–Crippen LogP) is 3.83. The van der Waals surface area contributed by atoms with E-state index in [0.717, 1.165) is 0 Å². The molecule has 0 atom stereocenters. The van der Waals surface area contributed by atoms with E-state index in [0.29, 0.717) is 17.1 Å². The number of rotatable bonds is 7. The van der Waals surface area contributed by atoms with E-state index in [1.165, 1.54) is 24.3 Å². The highest BCUT2D eigenvalue weighted by atomic mass is 19.1. The van der Waals surface area contributed by atoms with Crippen molar-refractivity contribution < 1.29 is 18.7 Å². The molecule has 25 heavy (non-hydrogen) atoms. The Labute approximate surface area is 146 Å². The number of amides is 2. The molecule has 0 saturated carbocycles. The SMILES string of the molecule is CC(C)C(=O)Nc1ccc(NC(=O)CCOc2ccc(F)cc2)cc1. The Bertz CT molecular complexity index is 712. The normalized spacial score (nSPS) is 10.4. The van der Waals surface area contributed by atoms with Gasteiger partial charge in [0.25, 0.3) is 0 Å². The van der Waals surface area contributed by atoms with Crippen molar-refractivity contribution in [1.29, 1.82) is 0 Å². The fraction of sp³-hybridized carbons (Fsp3) is 0.263. The van der Waals surface area contributed by atoms with Gasteiger partial charge in [-0.15, -0.1) is 0 Å². The van der Waals surface area contributed by atoms with Gasteiger partial charge in [0.2, 0.25) is 11.8 Å². The molecule has 0 spiro atoms. The lowest BCUT2D eigenvalue weighted by Crippen LogP contribution is -2.18. The third-order valence-corrected chi connectivity index (χ3v) is 3.37. The van der Waals surface area contributed by atoms with Gasteiger partial charge in [0.05, 0.1) is 13.0 Å². The quantitative estimate of drug-likeness (QED) is 0.802. The number of carbonyl (C=O) groups is 2. The van der Waals surface area contributed by atoms with Gasteiger partial charge < -0.3 is 15.4 Å². The van der Waals surface area contributed by atoms with Crippen molar-refractivity contribution in [2.24, 2.45) is 5.92 Å². The number of carbonyl (C=O) groups excluding carboxylic acids is 2. The summed E-state index contributed by atoms with van der Waals surface area (Å²) in [6, 6.07) is 12.5. The van der Waals surface area contributed by atoms with Gasteiger partial charge in [-0.1, -0.05) is 13.8 Å². The standard InChI is InChI=1S/C19H21FN2O3/c1-13(2)19(24)22-16-7-5-15(6-8-16)21-18(23)11-12-25-17-9-3-14(20)4-10-17/h3-10,13H,11-12H2,1-2H3,(H,21,23)(H,22,24). The zero-order valence-electron chi connectivity index (χ0n) is 14.2. The van der Waals surface area contributed by atoms with E-state index < -0.39 is 0 Å². The Morgan fingerprint density at radius 3 is 2.08 bits per heavy atom. The molecular formula is C19H21FN2O3. The summed E-state index contributed by atoms with van der Waals surface area (Å²) >= 11 is 0. The van der Waals surface area contributed by atoms with Crippen molar-refractivity contribution in [3.05, 3.63) is 54.3 Å². The zero-order chi connectivity index (χ0) is 18.2. The van der Waals surface area contributed by atoms with E-state index in [-0.39, 0.29) is 36.6 Å². The molecule has 0 unspecified atom stereocenters. The van der Waals surface area contributed by atoms with Crippen LogP contribution in [0.3, 0.4) is 0 Å². The van der Waals surface area contributed by atoms with Crippen LogP contribution < -0.4 is 15.4 Å². The van der Waals surface area contributed by atoms with Crippen LogP contribution in [0, 0.1) is 11.7 Å². The van der Waals surface area contributed by atoms with E-state index >= 15 is 0 Å². The molecule has 0 aliphatic carbocycles. The molecule has 5 nitrogen and oxygen atoms in total. The number of halogens is 1. The third-order valence-electron chi connectivity index (χ3n) is 3.37. The minimum Gasteiger partial charge on any atom is -0.493 e. The maximum atomic E-state index is 12.8. The number of anilines is 2. The second-order valence-corrected chi connectivity index (χ2v) is 5.82. The highest BCUT2D eigenvalue weighted by Gasteiger charge is 2.07. The van der Waals surface area contributed by atoms with Crippen molar-refractivity contribution in [2.45, 2.75) is 20.3 Å². The summed E-state index contributed by atoms with van der Waals surface area (Å²) in [7, 11) is 0. The van der Waals surface area contributed by atoms with Gasteiger partial charge in [-0.2, -0.15) is 0 Å². The topological polar surface area (TPSA) is 67.4 Å². The number of hydrogen-bond donors (Lipinski definition) is 2. The van der Waals surface area contributed by atoms with Crippen LogP contribution in [-0.2, 0) is 9.59 Å². The first-order valence-electron chi connectivity index (χ1n) is 8.03. The van der Waals surface area contributed by atoms with Crippen molar-refractivity contribution in [3.8, 4) is 5.75 Å². The predicted molar refractivity (Wildman–Crippen MR) is 95.1 cm³/mol. The van der Waals surface area contributed by atoms with Crippen LogP contribution in [0.2, 0.25) is 0 Å². The summed E-state index contributed by atoms with van der Waals surface area (Å²) in [6.07, 6.45) is 0.170. The molecule has 0 bridgehead atoms. The summed E-state index contributed by atoms with van der Waals surface area (Å²) < 4.78 is 18.2. The Hall–Kier alpha value is -2.89. The van der Waals surface area contributed by atoms with Crippen LogP contribution in [0.25, 0.3) is 0 Å². The molecule has 2 aromatic rings. The molecule has 0 aromatic heterocycles. The lowest BCUT2D eigenvalue weighted by atomic mass is 10.2. The molecule has 0 aliphatic heterocycles. The van der Waals surface area contributed by atoms with Gasteiger partial charge in [0, 0.05) is 17.3 Å². The molecule has 2 aromatic carbocycles. The molecule has 2 N–H and O–H groups in total. The first-order chi connectivity index (χ1) is 11.9. The van der Waals surface area contributed by atoms with Crippen LogP contribution in [-0.4, -0.2) is 18.4 Å². The molecule has 6 heteroatoms. The van der Waals surface area contributed by atoms with Crippen LogP contribution >= 0.6 is 0 Å². The fourth-order valence-corrected chi connectivity index (χ4v) is 1.94. The van der Waals surface area contributed by atoms with E-state index in [4.69, 9.17) is 4.74 Å². The van der Waals surface area contributed by atoms with E-state index in [1.807, 2.05) is 13.8 Å². The van der Waals surface area contributed by atoms with E-state index in [9.17, 15) is 14.0 Å². The van der Waals surface area contributed by atoms with Crippen LogP contribution in [0.1, 0.15) is 20.3 Å². The first-order valence-corrected chi connectivity index (χ1v) is 8.03. The number of nitrogens with one attached hydrogen (secondary N) is 2. The van der Waals surface area contributed by atoms with Gasteiger partial charge in [-0.3, -0.25) is 9.59 Å². The van der Waals surface area contributed by atoms with Gasteiger partial charge >= 0.3 is 0 Å². The summed E-state index contributed by atoms with van der Waals surface area (Å²) in [4.78, 5) is 23.5. The monoisotopic (exact) mass is 344 g/mol. The van der Waals surface area contributed by atoms with Gasteiger partial charge in [-0.25, -0.2) is 4.39 Å². The van der Waals surface area contributed by atoms with Crippen molar-refractivity contribution in [2.75, 3.05) is 17.2 Å². The minimum atomic E-state index is -0.335. The Morgan fingerprint density at radius 1 is 0.960 bits per heavy atom. The fourth-order valence-electron chi connectivity index (χ4n) is 1.94. The summed E-state index contributed by atoms with van der Waals surface area (Å²) in [6.45, 7) is 3.83. The van der Waals surface area contributed by atoms with E-state index in [2.05, 4.69) is 10.6 Å². The van der Waals surface area contributed by atoms with Crippen LogP contribution in [0.5, 0.6) is 5.75 Å². The highest BCUT2D eigenvalue weighted by molar-refractivity contribution is 5.93. The van der Waals surface area contributed by atoms with Gasteiger partial charge in [0.1, 0.15) is 11.6 Å². The third kappa shape index (κ3) is 6.25.